The molecule has 0 saturated heterocycles. The molecule has 23 heavy (non-hydrogen) atoms. The minimum Gasteiger partial charge on any atom is -0.455 e. The second kappa shape index (κ2) is 7.17. The molecule has 5 nitrogen and oxygen atoms in total. The molecule has 0 bridgehead atoms. The number of furan rings is 1. The number of ether oxygens (including phenoxy) is 1. The van der Waals surface area contributed by atoms with Crippen LogP contribution >= 0.6 is 0 Å². The zero-order chi connectivity index (χ0) is 17.0. The first-order valence-corrected chi connectivity index (χ1v) is 9.57. The first kappa shape index (κ1) is 17.5. The quantitative estimate of drug-likeness (QED) is 0.588. The van der Waals surface area contributed by atoms with Crippen molar-refractivity contribution in [1.82, 2.24) is 0 Å². The van der Waals surface area contributed by atoms with Gasteiger partial charge < -0.3 is 9.15 Å². The minimum atomic E-state index is -3.19. The molecule has 0 fully saturated rings. The van der Waals surface area contributed by atoms with E-state index in [1.54, 1.807) is 0 Å². The summed E-state index contributed by atoms with van der Waals surface area (Å²) < 4.78 is 32.9. The van der Waals surface area contributed by atoms with Gasteiger partial charge in [-0.25, -0.2) is 13.2 Å². The maximum Gasteiger partial charge on any atom is 0.374 e. The van der Waals surface area contributed by atoms with E-state index in [0.717, 1.165) is 31.1 Å². The molecule has 1 heterocycles. The lowest BCUT2D eigenvalue weighted by atomic mass is 9.86. The van der Waals surface area contributed by atoms with Crippen LogP contribution in [-0.2, 0) is 20.3 Å². The van der Waals surface area contributed by atoms with E-state index in [9.17, 15) is 13.2 Å². The number of allylic oxidation sites excluding steroid dienone is 2. The van der Waals surface area contributed by atoms with E-state index in [4.69, 9.17) is 9.15 Å². The number of carbonyl (C=O) groups is 1. The number of carbonyl (C=O) groups excluding carboxylic acids is 1. The Balaban J connectivity index is 1.87. The summed E-state index contributed by atoms with van der Waals surface area (Å²) in [6, 6.07) is 2.92. The average molecular weight is 338 g/mol. The first-order valence-electron chi connectivity index (χ1n) is 7.51. The van der Waals surface area contributed by atoms with E-state index in [1.807, 2.05) is 6.92 Å². The molecular formula is C17H22O5S. The highest BCUT2D eigenvalue weighted by Gasteiger charge is 2.18. The van der Waals surface area contributed by atoms with E-state index in [-0.39, 0.29) is 23.9 Å². The highest BCUT2D eigenvalue weighted by molar-refractivity contribution is 7.89. The Kier molecular flexibility index (Phi) is 5.46. The van der Waals surface area contributed by atoms with Gasteiger partial charge in [0.15, 0.2) is 9.84 Å². The number of hydrogen-bond acceptors (Lipinski definition) is 5. The summed E-state index contributed by atoms with van der Waals surface area (Å²) in [6.07, 6.45) is 6.07. The Morgan fingerprint density at radius 2 is 2.17 bits per heavy atom. The summed E-state index contributed by atoms with van der Waals surface area (Å²) in [5, 5.41) is 0. The van der Waals surface area contributed by atoms with Crippen LogP contribution in [0.1, 0.15) is 42.5 Å². The second-order valence-electron chi connectivity index (χ2n) is 6.09. The molecule has 1 atom stereocenters. The van der Waals surface area contributed by atoms with Gasteiger partial charge in [0.25, 0.3) is 0 Å². The lowest BCUT2D eigenvalue weighted by Gasteiger charge is -2.21. The molecule has 1 aliphatic rings. The Morgan fingerprint density at radius 3 is 2.74 bits per heavy atom. The SMILES string of the molecule is C=C(C)C1CC=C(COC(=O)c2ccc(CS(C)(=O)=O)o2)CC1. The molecule has 1 aliphatic carbocycles. The predicted octanol–water partition coefficient (Wildman–Crippen LogP) is 3.28. The molecule has 2 rings (SSSR count). The van der Waals surface area contributed by atoms with Gasteiger partial charge in [-0.2, -0.15) is 0 Å². The van der Waals surface area contributed by atoms with Crippen LogP contribution < -0.4 is 0 Å². The Bertz CT molecular complexity index is 724. The van der Waals surface area contributed by atoms with E-state index in [1.165, 1.54) is 17.7 Å². The third-order valence-corrected chi connectivity index (χ3v) is 4.67. The molecule has 1 aromatic rings. The zero-order valence-electron chi connectivity index (χ0n) is 13.5. The van der Waals surface area contributed by atoms with Crippen LogP contribution in [0, 0.1) is 5.92 Å². The van der Waals surface area contributed by atoms with Crippen LogP contribution in [0.4, 0.5) is 0 Å². The fraction of sp³-hybridized carbons (Fsp3) is 0.471. The van der Waals surface area contributed by atoms with E-state index in [2.05, 4.69) is 12.7 Å². The number of esters is 1. The minimum absolute atomic E-state index is 0.0277. The Hall–Kier alpha value is -1.82. The molecule has 0 aliphatic heterocycles. The standard InChI is InChI=1S/C17H22O5S/c1-12(2)14-6-4-13(5-7-14)10-21-17(18)16-9-8-15(22-16)11-23(3,19)20/h4,8-9,14H,1,5-7,10-11H2,2-3H3. The molecule has 6 heteroatoms. The van der Waals surface area contributed by atoms with Crippen molar-refractivity contribution in [2.75, 3.05) is 12.9 Å². The maximum absolute atomic E-state index is 11.9. The zero-order valence-corrected chi connectivity index (χ0v) is 14.3. The van der Waals surface area contributed by atoms with Crippen LogP contribution in [0.15, 0.2) is 40.4 Å². The summed E-state index contributed by atoms with van der Waals surface area (Å²) in [7, 11) is -3.19. The molecule has 0 spiro atoms. The molecule has 0 saturated carbocycles. The Labute approximate surface area is 136 Å². The van der Waals surface area contributed by atoms with Gasteiger partial charge in [0.05, 0.1) is 0 Å². The van der Waals surface area contributed by atoms with Gasteiger partial charge in [-0.3, -0.25) is 0 Å². The van der Waals surface area contributed by atoms with E-state index < -0.39 is 15.8 Å². The van der Waals surface area contributed by atoms with Crippen LogP contribution in [0.2, 0.25) is 0 Å². The van der Waals surface area contributed by atoms with Crippen molar-refractivity contribution in [3.63, 3.8) is 0 Å². The summed E-state index contributed by atoms with van der Waals surface area (Å²) in [5.74, 6) is -0.0282. The topological polar surface area (TPSA) is 73.6 Å². The van der Waals surface area contributed by atoms with Gasteiger partial charge >= 0.3 is 5.97 Å². The molecule has 1 unspecified atom stereocenters. The summed E-state index contributed by atoms with van der Waals surface area (Å²) >= 11 is 0. The van der Waals surface area contributed by atoms with Crippen LogP contribution in [-0.4, -0.2) is 27.2 Å². The van der Waals surface area contributed by atoms with Crippen molar-refractivity contribution in [3.8, 4) is 0 Å². The number of rotatable bonds is 6. The first-order chi connectivity index (χ1) is 10.7. The largest absolute Gasteiger partial charge is 0.455 e. The van der Waals surface area contributed by atoms with Crippen molar-refractivity contribution in [1.29, 1.82) is 0 Å². The van der Waals surface area contributed by atoms with Crippen LogP contribution in [0.25, 0.3) is 0 Å². The maximum atomic E-state index is 11.9. The predicted molar refractivity (Wildman–Crippen MR) is 87.8 cm³/mol. The van der Waals surface area contributed by atoms with Crippen LogP contribution in [0.3, 0.4) is 0 Å². The molecule has 0 radical (unpaired) electrons. The second-order valence-corrected chi connectivity index (χ2v) is 8.23. The molecule has 0 aromatic carbocycles. The third-order valence-electron chi connectivity index (χ3n) is 3.86. The van der Waals surface area contributed by atoms with Crippen molar-refractivity contribution >= 4 is 15.8 Å². The Morgan fingerprint density at radius 1 is 1.43 bits per heavy atom. The number of hydrogen-bond donors (Lipinski definition) is 0. The highest BCUT2D eigenvalue weighted by atomic mass is 32.2. The molecule has 1 aromatic heterocycles. The number of sulfone groups is 1. The van der Waals surface area contributed by atoms with Gasteiger partial charge in [0, 0.05) is 6.26 Å². The van der Waals surface area contributed by atoms with Gasteiger partial charge in [0.2, 0.25) is 5.76 Å². The lowest BCUT2D eigenvalue weighted by Crippen LogP contribution is -2.12. The highest BCUT2D eigenvalue weighted by Crippen LogP contribution is 2.28. The summed E-state index contributed by atoms with van der Waals surface area (Å²) in [5.41, 5.74) is 2.28. The van der Waals surface area contributed by atoms with Gasteiger partial charge in [-0.05, 0) is 49.8 Å². The van der Waals surface area contributed by atoms with E-state index in [0.29, 0.717) is 5.92 Å². The fourth-order valence-corrected chi connectivity index (χ4v) is 3.19. The fourth-order valence-electron chi connectivity index (χ4n) is 2.52. The van der Waals surface area contributed by atoms with Gasteiger partial charge in [-0.1, -0.05) is 18.2 Å². The van der Waals surface area contributed by atoms with E-state index >= 15 is 0 Å². The van der Waals surface area contributed by atoms with Crippen LogP contribution in [0.5, 0.6) is 0 Å². The third kappa shape index (κ3) is 5.39. The molecular weight excluding hydrogens is 316 g/mol. The van der Waals surface area contributed by atoms with Crippen molar-refractivity contribution < 1.29 is 22.4 Å². The molecule has 0 N–H and O–H groups in total. The summed E-state index contributed by atoms with van der Waals surface area (Å²) in [4.78, 5) is 11.9. The smallest absolute Gasteiger partial charge is 0.374 e. The molecule has 0 amide bonds. The lowest BCUT2D eigenvalue weighted by molar-refractivity contribution is 0.0497. The normalized spacial score (nSPS) is 18.3. The monoisotopic (exact) mass is 338 g/mol. The molecule has 126 valence electrons. The van der Waals surface area contributed by atoms with Gasteiger partial charge in [0.1, 0.15) is 18.1 Å². The average Bonchev–Trinajstić information content (AvgIpc) is 2.91. The van der Waals surface area contributed by atoms with Crippen molar-refractivity contribution in [2.45, 2.75) is 31.9 Å². The van der Waals surface area contributed by atoms with Gasteiger partial charge in [-0.15, -0.1) is 0 Å². The van der Waals surface area contributed by atoms with Crippen molar-refractivity contribution in [3.05, 3.63) is 47.5 Å². The van der Waals surface area contributed by atoms with Crippen molar-refractivity contribution in [2.24, 2.45) is 5.92 Å². The summed E-state index contributed by atoms with van der Waals surface area (Å²) in [6.45, 7) is 6.25.